The van der Waals surface area contributed by atoms with E-state index >= 15 is 0 Å². The number of hydrogen-bond donors (Lipinski definition) is 1. The van der Waals surface area contributed by atoms with Crippen LogP contribution in [0.4, 0.5) is 5.69 Å². The quantitative estimate of drug-likeness (QED) is 0.326. The molecule has 6 rings (SSSR count). The maximum absolute atomic E-state index is 13.9. The van der Waals surface area contributed by atoms with Crippen molar-refractivity contribution in [1.82, 2.24) is 4.90 Å². The van der Waals surface area contributed by atoms with Gasteiger partial charge in [0.2, 0.25) is 11.8 Å². The molecular formula is C28H23Cl3N2O6. The monoisotopic (exact) mass is 588 g/mol. The van der Waals surface area contributed by atoms with E-state index in [9.17, 15) is 24.3 Å². The van der Waals surface area contributed by atoms with Gasteiger partial charge in [-0.25, -0.2) is 0 Å². The van der Waals surface area contributed by atoms with Crippen LogP contribution in [0.3, 0.4) is 0 Å². The number of benzene rings is 2. The zero-order chi connectivity index (χ0) is 28.0. The molecule has 0 radical (unpaired) electrons. The minimum Gasteiger partial charge on any atom is -0.503 e. The first-order valence-corrected chi connectivity index (χ1v) is 13.5. The molecule has 0 aromatic heterocycles. The number of anilines is 1. The Balaban J connectivity index is 1.55. The molecule has 3 fully saturated rings. The first-order chi connectivity index (χ1) is 18.5. The Morgan fingerprint density at radius 3 is 2.36 bits per heavy atom. The molecule has 2 aliphatic carbocycles. The molecular weight excluding hydrogens is 567 g/mol. The average molecular weight is 590 g/mol. The van der Waals surface area contributed by atoms with Gasteiger partial charge < -0.3 is 9.84 Å². The number of hydrogen-bond acceptors (Lipinski definition) is 6. The number of amides is 4. The third kappa shape index (κ3) is 3.25. The van der Waals surface area contributed by atoms with Gasteiger partial charge in [-0.3, -0.25) is 29.0 Å². The van der Waals surface area contributed by atoms with Gasteiger partial charge >= 0.3 is 0 Å². The van der Waals surface area contributed by atoms with Crippen molar-refractivity contribution in [3.05, 3.63) is 64.7 Å². The molecule has 8 nitrogen and oxygen atoms in total. The zero-order valence-corrected chi connectivity index (χ0v) is 23.1. The van der Waals surface area contributed by atoms with Gasteiger partial charge in [0.05, 0.1) is 29.7 Å². The Morgan fingerprint density at radius 2 is 1.69 bits per heavy atom. The zero-order valence-electron chi connectivity index (χ0n) is 20.9. The Bertz CT molecular complexity index is 1500. The summed E-state index contributed by atoms with van der Waals surface area (Å²) in [5.41, 5.74) is 1.47. The largest absolute Gasteiger partial charge is 0.503 e. The van der Waals surface area contributed by atoms with Crippen LogP contribution in [0.1, 0.15) is 24.3 Å². The van der Waals surface area contributed by atoms with Gasteiger partial charge in [-0.05, 0) is 48.6 Å². The second kappa shape index (κ2) is 8.71. The fourth-order valence-corrected chi connectivity index (χ4v) is 8.10. The lowest BCUT2D eigenvalue weighted by atomic mass is 9.56. The van der Waals surface area contributed by atoms with Crippen molar-refractivity contribution in [3.8, 4) is 11.5 Å². The molecule has 11 heteroatoms. The van der Waals surface area contributed by atoms with Gasteiger partial charge in [-0.2, -0.15) is 0 Å². The van der Waals surface area contributed by atoms with E-state index in [0.717, 1.165) is 4.90 Å². The molecule has 39 heavy (non-hydrogen) atoms. The van der Waals surface area contributed by atoms with E-state index in [4.69, 9.17) is 39.5 Å². The molecule has 0 bridgehead atoms. The number of allylic oxidation sites excluding steroid dienone is 2. The predicted octanol–water partition coefficient (Wildman–Crippen LogP) is 4.25. The van der Waals surface area contributed by atoms with Crippen LogP contribution in [0.2, 0.25) is 5.02 Å². The maximum Gasteiger partial charge on any atom is 0.253 e. The summed E-state index contributed by atoms with van der Waals surface area (Å²) in [6.45, 7) is 0. The topological polar surface area (TPSA) is 104 Å². The number of phenolic OH excluding ortho intramolecular Hbond substituents is 1. The molecule has 6 atom stereocenters. The van der Waals surface area contributed by atoms with Crippen molar-refractivity contribution < 1.29 is 29.0 Å². The van der Waals surface area contributed by atoms with Crippen LogP contribution in [0.15, 0.2) is 54.1 Å². The van der Waals surface area contributed by atoms with Crippen LogP contribution < -0.4 is 9.64 Å². The number of fused-ring (bicyclic) bond motifs is 4. The summed E-state index contributed by atoms with van der Waals surface area (Å²) in [6, 6.07) is 11.6. The first-order valence-electron chi connectivity index (χ1n) is 12.4. The van der Waals surface area contributed by atoms with Gasteiger partial charge in [0.15, 0.2) is 21.2 Å². The third-order valence-corrected chi connectivity index (χ3v) is 10.3. The highest BCUT2D eigenvalue weighted by Crippen LogP contribution is 2.65. The standard InChI is InChI=1S/C28H23Cl3N2O6/c1-32-25(37)27(30)12-17-15(8-9-16-20(17)24(36)33(23(16)35)14-6-4-3-5-7-14)21(28(27,31)26(32)38)13-10-18(29)22(34)19(11-13)39-2/h3-8,10-11,16-17,20-21,34H,9,12H2,1-2H3/t16-,17+,20-,21-,27+,28-/m0/s1. The van der Waals surface area contributed by atoms with Gasteiger partial charge in [-0.1, -0.05) is 41.4 Å². The Labute approximate surface area is 239 Å². The summed E-state index contributed by atoms with van der Waals surface area (Å²) in [6.07, 6.45) is 1.96. The van der Waals surface area contributed by atoms with E-state index in [-0.39, 0.29) is 41.2 Å². The summed E-state index contributed by atoms with van der Waals surface area (Å²) in [7, 11) is 2.67. The lowest BCUT2D eigenvalue weighted by Crippen LogP contribution is -2.60. The number of para-hydroxylation sites is 1. The Kier molecular flexibility index (Phi) is 5.85. The molecule has 1 saturated carbocycles. The second-order valence-electron chi connectivity index (χ2n) is 10.4. The van der Waals surface area contributed by atoms with Gasteiger partial charge in [0, 0.05) is 13.0 Å². The number of nitrogens with zero attached hydrogens (tertiary/aromatic N) is 2. The third-order valence-electron chi connectivity index (χ3n) is 8.63. The minimum atomic E-state index is -1.95. The highest BCUT2D eigenvalue weighted by atomic mass is 35.5. The maximum atomic E-state index is 13.9. The number of likely N-dealkylation sites (tertiary alicyclic amines) is 1. The molecule has 2 aromatic carbocycles. The molecule has 2 aromatic rings. The number of ether oxygens (including phenoxy) is 1. The van der Waals surface area contributed by atoms with E-state index in [1.54, 1.807) is 30.3 Å². The molecule has 4 amide bonds. The van der Waals surface area contributed by atoms with Crippen molar-refractivity contribution >= 4 is 64.1 Å². The lowest BCUT2D eigenvalue weighted by Gasteiger charge is -2.50. The molecule has 1 N–H and O–H groups in total. The molecule has 0 unspecified atom stereocenters. The van der Waals surface area contributed by atoms with E-state index in [1.165, 1.54) is 31.2 Å². The first kappa shape index (κ1) is 26.2. The number of alkyl halides is 2. The van der Waals surface area contributed by atoms with E-state index in [1.807, 2.05) is 6.08 Å². The Hall–Kier alpha value is -3.07. The van der Waals surface area contributed by atoms with Gasteiger partial charge in [0.25, 0.3) is 11.8 Å². The number of carbonyl (C=O) groups is 4. The van der Waals surface area contributed by atoms with Crippen molar-refractivity contribution in [2.24, 2.45) is 17.8 Å². The number of phenols is 1. The fourth-order valence-electron chi connectivity index (χ4n) is 6.87. The number of aromatic hydroxyl groups is 1. The van der Waals surface area contributed by atoms with Crippen molar-refractivity contribution in [2.75, 3.05) is 19.1 Å². The predicted molar refractivity (Wildman–Crippen MR) is 144 cm³/mol. The lowest BCUT2D eigenvalue weighted by molar-refractivity contribution is -0.138. The average Bonchev–Trinajstić information content (AvgIpc) is 3.25. The van der Waals surface area contributed by atoms with Crippen molar-refractivity contribution in [1.29, 1.82) is 0 Å². The summed E-state index contributed by atoms with van der Waals surface area (Å²) in [4.78, 5) is 52.8. The number of carbonyl (C=O) groups excluding carboxylic acids is 4. The molecule has 2 heterocycles. The van der Waals surface area contributed by atoms with Crippen LogP contribution in [-0.4, -0.2) is 57.5 Å². The Morgan fingerprint density at radius 1 is 1.00 bits per heavy atom. The SMILES string of the molecule is COc1cc([C@H]2C3=CC[C@@H]4C(=O)N(c5ccccc5)C(=O)[C@@H]4[C@@H]3C[C@@]3(Cl)C(=O)N(C)C(=O)[C@@]23Cl)cc(Cl)c1O. The molecule has 4 aliphatic rings. The summed E-state index contributed by atoms with van der Waals surface area (Å²) in [5.74, 6) is -5.45. The van der Waals surface area contributed by atoms with Gasteiger partial charge in [-0.15, -0.1) is 23.2 Å². The van der Waals surface area contributed by atoms with Crippen LogP contribution in [0, 0.1) is 17.8 Å². The molecule has 202 valence electrons. The van der Waals surface area contributed by atoms with Crippen molar-refractivity contribution in [2.45, 2.75) is 28.5 Å². The van der Waals surface area contributed by atoms with Crippen LogP contribution in [0.5, 0.6) is 11.5 Å². The van der Waals surface area contributed by atoms with Gasteiger partial charge in [0.1, 0.15) is 0 Å². The highest BCUT2D eigenvalue weighted by molar-refractivity contribution is 6.53. The minimum absolute atomic E-state index is 0.0434. The molecule has 0 spiro atoms. The van der Waals surface area contributed by atoms with E-state index < -0.39 is 45.2 Å². The van der Waals surface area contributed by atoms with E-state index in [2.05, 4.69) is 0 Å². The smallest absolute Gasteiger partial charge is 0.253 e. The number of methoxy groups -OCH3 is 1. The van der Waals surface area contributed by atoms with Crippen LogP contribution in [0.25, 0.3) is 0 Å². The molecule has 2 aliphatic heterocycles. The second-order valence-corrected chi connectivity index (χ2v) is 12.0. The summed E-state index contributed by atoms with van der Waals surface area (Å²) >= 11 is 20.6. The summed E-state index contributed by atoms with van der Waals surface area (Å²) in [5, 5.41) is 10.3. The van der Waals surface area contributed by atoms with Crippen molar-refractivity contribution in [3.63, 3.8) is 0 Å². The number of rotatable bonds is 3. The van der Waals surface area contributed by atoms with Crippen LogP contribution in [-0.2, 0) is 19.2 Å². The molecule has 2 saturated heterocycles. The fraction of sp³-hybridized carbons (Fsp3) is 0.357. The van der Waals surface area contributed by atoms with Crippen LogP contribution >= 0.6 is 34.8 Å². The number of imide groups is 2. The number of halogens is 3. The highest BCUT2D eigenvalue weighted by Gasteiger charge is 2.76. The summed E-state index contributed by atoms with van der Waals surface area (Å²) < 4.78 is 5.30. The normalized spacial score (nSPS) is 33.6. The van der Waals surface area contributed by atoms with E-state index in [0.29, 0.717) is 16.8 Å².